The molecule has 0 aliphatic carbocycles. The van der Waals surface area contributed by atoms with E-state index in [4.69, 9.17) is 4.98 Å². The van der Waals surface area contributed by atoms with Gasteiger partial charge in [-0.3, -0.25) is 0 Å². The van der Waals surface area contributed by atoms with E-state index in [1.165, 1.54) is 27.8 Å². The normalized spacial score (nSPS) is 10.7. The topological polar surface area (TPSA) is 12.9 Å². The third kappa shape index (κ3) is 3.67. The molecule has 4 aromatic rings. The van der Waals surface area contributed by atoms with E-state index in [2.05, 4.69) is 98.1 Å². The highest BCUT2D eigenvalue weighted by atomic mass is 32.2. The summed E-state index contributed by atoms with van der Waals surface area (Å²) in [5.41, 5.74) is 8.25. The van der Waals surface area contributed by atoms with E-state index < -0.39 is 0 Å². The van der Waals surface area contributed by atoms with E-state index in [0.29, 0.717) is 0 Å². The van der Waals surface area contributed by atoms with Crippen LogP contribution >= 0.6 is 11.8 Å². The van der Waals surface area contributed by atoms with Gasteiger partial charge in [0.25, 0.3) is 0 Å². The second-order valence-electron chi connectivity index (χ2n) is 6.53. The lowest BCUT2D eigenvalue weighted by Gasteiger charge is -2.17. The van der Waals surface area contributed by atoms with E-state index in [-0.39, 0.29) is 0 Å². The molecule has 0 unspecified atom stereocenters. The van der Waals surface area contributed by atoms with Crippen LogP contribution in [0.2, 0.25) is 0 Å². The average molecular weight is 368 g/mol. The number of benzene rings is 3. The molecule has 0 amide bonds. The number of pyridine rings is 1. The van der Waals surface area contributed by atoms with Gasteiger partial charge in [-0.1, -0.05) is 90.5 Å². The molecule has 2 heteroatoms. The maximum absolute atomic E-state index is 5.00. The largest absolute Gasteiger partial charge is 0.241 e. The fourth-order valence-corrected chi connectivity index (χ4v) is 3.71. The number of nitrogens with zero attached hydrogens (tertiary/aromatic N) is 1. The van der Waals surface area contributed by atoms with Crippen molar-refractivity contribution in [2.75, 3.05) is 6.26 Å². The Kier molecular flexibility index (Phi) is 5.08. The molecule has 1 nitrogen and oxygen atoms in total. The second kappa shape index (κ2) is 7.81. The van der Waals surface area contributed by atoms with Crippen LogP contribution in [0.3, 0.4) is 0 Å². The van der Waals surface area contributed by atoms with Crippen LogP contribution in [-0.2, 0) is 0 Å². The van der Waals surface area contributed by atoms with E-state index in [0.717, 1.165) is 16.3 Å². The predicted octanol–water partition coefficient (Wildman–Crippen LogP) is 7.11. The lowest BCUT2D eigenvalue weighted by molar-refractivity contribution is 1.15. The maximum Gasteiger partial charge on any atom is 0.0971 e. The quantitative estimate of drug-likeness (QED) is 0.356. The van der Waals surface area contributed by atoms with Crippen molar-refractivity contribution in [3.8, 4) is 33.5 Å². The Bertz CT molecular complexity index is 1040. The molecule has 0 aliphatic heterocycles. The molecular weight excluding hydrogens is 346 g/mol. The minimum Gasteiger partial charge on any atom is -0.241 e. The molecule has 0 atom stereocenters. The number of aryl methyl sites for hydroxylation is 1. The molecule has 0 saturated carbocycles. The van der Waals surface area contributed by atoms with Crippen molar-refractivity contribution in [2.45, 2.75) is 11.9 Å². The molecular formula is C25H21NS. The molecule has 0 radical (unpaired) electrons. The van der Waals surface area contributed by atoms with Crippen LogP contribution in [-0.4, -0.2) is 11.2 Å². The third-order valence-electron chi connectivity index (χ3n) is 4.68. The summed E-state index contributed by atoms with van der Waals surface area (Å²) in [7, 11) is 0. The van der Waals surface area contributed by atoms with Gasteiger partial charge in [-0.25, -0.2) is 4.98 Å². The standard InChI is InChI=1S/C25H21NS/c1-18-13-15-19(16-14-18)22-17-23(27-2)26-25(21-11-7-4-8-12-21)24(22)20-9-5-3-6-10-20/h3-17H,1-2H3. The number of hydrogen-bond donors (Lipinski definition) is 0. The average Bonchev–Trinajstić information content (AvgIpc) is 2.74. The molecule has 27 heavy (non-hydrogen) atoms. The van der Waals surface area contributed by atoms with Gasteiger partial charge in [0, 0.05) is 11.1 Å². The molecule has 0 aliphatic rings. The van der Waals surface area contributed by atoms with Gasteiger partial charge in [0.2, 0.25) is 0 Å². The van der Waals surface area contributed by atoms with Crippen molar-refractivity contribution in [3.05, 3.63) is 96.6 Å². The van der Waals surface area contributed by atoms with Crippen LogP contribution in [0, 0.1) is 6.92 Å². The monoisotopic (exact) mass is 367 g/mol. The van der Waals surface area contributed by atoms with E-state index in [9.17, 15) is 0 Å². The van der Waals surface area contributed by atoms with Crippen molar-refractivity contribution >= 4 is 11.8 Å². The second-order valence-corrected chi connectivity index (χ2v) is 7.36. The van der Waals surface area contributed by atoms with Gasteiger partial charge in [0.05, 0.1) is 10.7 Å². The summed E-state index contributed by atoms with van der Waals surface area (Å²) < 4.78 is 0. The highest BCUT2D eigenvalue weighted by Gasteiger charge is 2.17. The van der Waals surface area contributed by atoms with Crippen molar-refractivity contribution in [1.29, 1.82) is 0 Å². The van der Waals surface area contributed by atoms with Gasteiger partial charge < -0.3 is 0 Å². The molecule has 1 heterocycles. The van der Waals surface area contributed by atoms with Crippen LogP contribution in [0.5, 0.6) is 0 Å². The van der Waals surface area contributed by atoms with Gasteiger partial charge in [0.15, 0.2) is 0 Å². The Hall–Kier alpha value is -2.84. The molecule has 0 saturated heterocycles. The van der Waals surface area contributed by atoms with Gasteiger partial charge >= 0.3 is 0 Å². The van der Waals surface area contributed by atoms with Crippen LogP contribution in [0.15, 0.2) is 96.0 Å². The molecule has 0 N–H and O–H groups in total. The van der Waals surface area contributed by atoms with Crippen LogP contribution in [0.25, 0.3) is 33.5 Å². The minimum absolute atomic E-state index is 1.03. The zero-order chi connectivity index (χ0) is 18.6. The lowest BCUT2D eigenvalue weighted by atomic mass is 9.91. The molecule has 0 spiro atoms. The SMILES string of the molecule is CSc1cc(-c2ccc(C)cc2)c(-c2ccccc2)c(-c2ccccc2)n1. The molecule has 132 valence electrons. The summed E-state index contributed by atoms with van der Waals surface area (Å²) in [4.78, 5) is 5.00. The Balaban J connectivity index is 2.06. The van der Waals surface area contributed by atoms with Gasteiger partial charge in [0.1, 0.15) is 0 Å². The Morgan fingerprint density at radius 1 is 0.667 bits per heavy atom. The van der Waals surface area contributed by atoms with Crippen LogP contribution in [0.4, 0.5) is 0 Å². The van der Waals surface area contributed by atoms with Crippen molar-refractivity contribution < 1.29 is 0 Å². The number of hydrogen-bond acceptors (Lipinski definition) is 2. The first-order valence-corrected chi connectivity index (χ1v) is 10.3. The first-order chi connectivity index (χ1) is 13.3. The fraction of sp³-hybridized carbons (Fsp3) is 0.0800. The van der Waals surface area contributed by atoms with E-state index in [1.807, 2.05) is 6.07 Å². The fourth-order valence-electron chi connectivity index (χ4n) is 3.29. The zero-order valence-electron chi connectivity index (χ0n) is 15.5. The van der Waals surface area contributed by atoms with E-state index >= 15 is 0 Å². The number of thioether (sulfide) groups is 1. The summed E-state index contributed by atoms with van der Waals surface area (Å²) in [6.45, 7) is 2.12. The summed E-state index contributed by atoms with van der Waals surface area (Å²) in [6, 6.07) is 32.0. The maximum atomic E-state index is 5.00. The summed E-state index contributed by atoms with van der Waals surface area (Å²) in [6.07, 6.45) is 2.08. The Morgan fingerprint density at radius 2 is 1.26 bits per heavy atom. The molecule has 1 aromatic heterocycles. The van der Waals surface area contributed by atoms with Crippen molar-refractivity contribution in [2.24, 2.45) is 0 Å². The van der Waals surface area contributed by atoms with E-state index in [1.54, 1.807) is 11.8 Å². The molecule has 0 fully saturated rings. The van der Waals surface area contributed by atoms with Gasteiger partial charge in [-0.05, 0) is 35.9 Å². The summed E-state index contributed by atoms with van der Waals surface area (Å²) >= 11 is 1.68. The highest BCUT2D eigenvalue weighted by Crippen LogP contribution is 2.40. The van der Waals surface area contributed by atoms with Crippen LogP contribution < -0.4 is 0 Å². The minimum atomic E-state index is 1.03. The number of rotatable bonds is 4. The first-order valence-electron chi connectivity index (χ1n) is 9.03. The first kappa shape index (κ1) is 17.6. The van der Waals surface area contributed by atoms with Crippen molar-refractivity contribution in [1.82, 2.24) is 4.98 Å². The molecule has 4 rings (SSSR count). The summed E-state index contributed by atoms with van der Waals surface area (Å²) in [5, 5.41) is 1.03. The Morgan fingerprint density at radius 3 is 1.85 bits per heavy atom. The smallest absolute Gasteiger partial charge is 0.0971 e. The lowest BCUT2D eigenvalue weighted by Crippen LogP contribution is -1.96. The van der Waals surface area contributed by atoms with Gasteiger partial charge in [-0.15, -0.1) is 11.8 Å². The Labute approximate surface area is 165 Å². The van der Waals surface area contributed by atoms with Gasteiger partial charge in [-0.2, -0.15) is 0 Å². The molecule has 3 aromatic carbocycles. The number of aromatic nitrogens is 1. The zero-order valence-corrected chi connectivity index (χ0v) is 16.3. The molecule has 0 bridgehead atoms. The van der Waals surface area contributed by atoms with Crippen LogP contribution in [0.1, 0.15) is 5.56 Å². The third-order valence-corrected chi connectivity index (χ3v) is 5.30. The summed E-state index contributed by atoms with van der Waals surface area (Å²) in [5.74, 6) is 0. The highest BCUT2D eigenvalue weighted by molar-refractivity contribution is 7.98. The van der Waals surface area contributed by atoms with Crippen molar-refractivity contribution in [3.63, 3.8) is 0 Å². The predicted molar refractivity (Wildman–Crippen MR) is 117 cm³/mol.